The molecule has 0 aliphatic carbocycles. The number of aromatic carboxylic acids is 2. The van der Waals surface area contributed by atoms with E-state index in [1.165, 1.54) is 110 Å². The van der Waals surface area contributed by atoms with Gasteiger partial charge in [0.15, 0.2) is 5.69 Å². The van der Waals surface area contributed by atoms with Gasteiger partial charge in [-0.25, -0.2) is 14.6 Å². The molecule has 4 amide bonds. The predicted molar refractivity (Wildman–Crippen MR) is 309 cm³/mol. The summed E-state index contributed by atoms with van der Waals surface area (Å²) in [5.41, 5.74) is 4.71. The van der Waals surface area contributed by atoms with E-state index < -0.39 is 17.6 Å². The average molecular weight is 1100 g/mol. The summed E-state index contributed by atoms with van der Waals surface area (Å²) in [6.45, 7) is 11.2. The highest BCUT2D eigenvalue weighted by atomic mass is 16.4. The quantitative estimate of drug-likeness (QED) is 0.0833. The average Bonchev–Trinajstić information content (AvgIpc) is 4.25. The van der Waals surface area contributed by atoms with Gasteiger partial charge >= 0.3 is 11.9 Å². The zero-order valence-electron chi connectivity index (χ0n) is 45.0. The maximum atomic E-state index is 12.2. The number of carbonyl (C=O) groups is 6. The lowest BCUT2D eigenvalue weighted by Crippen LogP contribution is -2.44. The van der Waals surface area contributed by atoms with Gasteiger partial charge in [-0.3, -0.25) is 43.8 Å². The van der Waals surface area contributed by atoms with Crippen LogP contribution >= 0.6 is 0 Å². The maximum absolute atomic E-state index is 12.2. The van der Waals surface area contributed by atoms with E-state index in [1.54, 1.807) is 12.1 Å². The molecule has 6 fully saturated rings. The third kappa shape index (κ3) is 15.6. The number of nitrogens with one attached hydrogen (secondary N) is 3. The Hall–Kier alpha value is -7.80. The van der Waals surface area contributed by atoms with Crippen molar-refractivity contribution in [2.45, 2.75) is 90.3 Å². The van der Waals surface area contributed by atoms with E-state index in [0.717, 1.165) is 67.5 Å². The molecule has 424 valence electrons. The van der Waals surface area contributed by atoms with Gasteiger partial charge in [0, 0.05) is 63.7 Å². The number of pyridine rings is 2. The van der Waals surface area contributed by atoms with Crippen LogP contribution in [0.3, 0.4) is 0 Å². The van der Waals surface area contributed by atoms with Crippen molar-refractivity contribution in [3.05, 3.63) is 203 Å². The highest BCUT2D eigenvalue weighted by molar-refractivity contribution is 6.20. The topological polar surface area (TPSA) is 218 Å². The second-order valence-electron chi connectivity index (χ2n) is 21.3. The summed E-state index contributed by atoms with van der Waals surface area (Å²) in [6, 6.07) is 47.8. The third-order valence-corrected chi connectivity index (χ3v) is 15.8. The van der Waals surface area contributed by atoms with Crippen molar-refractivity contribution in [3.8, 4) is 0 Å². The SMILES string of the molecule is C.O=C(O)c1cccnc1C(=O)O.O=C1C2CCCNC2C(=O)N1Cc1ccccc1.O=C1c2cccnc2C(=O)N1Cc1ccccc1.c1ccc(CN2CC3CCCNC3C2)cc1.c1ccc(CN2C[C@H]3CCCN[C@H]3C2)cc1. The molecule has 7 aliphatic heterocycles. The summed E-state index contributed by atoms with van der Waals surface area (Å²) in [5.74, 6) is -1.64. The fraction of sp³-hybridized carbons (Fsp3) is 0.375. The largest absolute Gasteiger partial charge is 0.478 e. The minimum atomic E-state index is -1.34. The summed E-state index contributed by atoms with van der Waals surface area (Å²) >= 11 is 0. The van der Waals surface area contributed by atoms with Crippen LogP contribution in [-0.2, 0) is 35.8 Å². The highest BCUT2D eigenvalue weighted by Crippen LogP contribution is 2.30. The van der Waals surface area contributed by atoms with Crippen LogP contribution in [0, 0.1) is 17.8 Å². The first-order valence-corrected chi connectivity index (χ1v) is 27.9. The van der Waals surface area contributed by atoms with Crippen LogP contribution in [0.1, 0.15) is 110 Å². The van der Waals surface area contributed by atoms with Gasteiger partial charge < -0.3 is 26.2 Å². The van der Waals surface area contributed by atoms with Crippen molar-refractivity contribution in [2.24, 2.45) is 17.8 Å². The Morgan fingerprint density at radius 3 is 1.40 bits per heavy atom. The lowest BCUT2D eigenvalue weighted by atomic mass is 9.93. The van der Waals surface area contributed by atoms with Crippen molar-refractivity contribution < 1.29 is 39.0 Å². The Kier molecular flexibility index (Phi) is 21.3. The van der Waals surface area contributed by atoms with Gasteiger partial charge in [-0.2, -0.15) is 0 Å². The van der Waals surface area contributed by atoms with E-state index >= 15 is 0 Å². The number of carboxylic acid groups (broad SMARTS) is 2. The number of fused-ring (bicyclic) bond motifs is 4. The molecule has 0 saturated carbocycles. The van der Waals surface area contributed by atoms with E-state index in [-0.39, 0.29) is 60.8 Å². The smallest absolute Gasteiger partial charge is 0.355 e. The van der Waals surface area contributed by atoms with Gasteiger partial charge in [-0.15, -0.1) is 0 Å². The van der Waals surface area contributed by atoms with E-state index in [9.17, 15) is 28.8 Å². The Labute approximate surface area is 474 Å². The number of benzene rings is 4. The Balaban J connectivity index is 0.000000133. The molecule has 0 radical (unpaired) electrons. The van der Waals surface area contributed by atoms with Crippen molar-refractivity contribution >= 4 is 35.6 Å². The molecule has 6 saturated heterocycles. The van der Waals surface area contributed by atoms with Crippen molar-refractivity contribution in [1.29, 1.82) is 0 Å². The molecular weight excluding hydrogens is 1020 g/mol. The number of likely N-dealkylation sites (tertiary alicyclic amines) is 3. The normalized spacial score (nSPS) is 22.5. The predicted octanol–water partition coefficient (Wildman–Crippen LogP) is 7.66. The Morgan fingerprint density at radius 1 is 0.481 bits per heavy atom. The lowest BCUT2D eigenvalue weighted by Gasteiger charge is -2.24. The molecule has 17 nitrogen and oxygen atoms in total. The van der Waals surface area contributed by atoms with E-state index in [4.69, 9.17) is 10.2 Å². The number of aromatic nitrogens is 2. The number of carbonyl (C=O) groups excluding carboxylic acids is 4. The molecule has 6 aromatic rings. The van der Waals surface area contributed by atoms with Gasteiger partial charge in [0.2, 0.25) is 11.8 Å². The molecule has 7 aliphatic rings. The van der Waals surface area contributed by atoms with Crippen molar-refractivity contribution in [1.82, 2.24) is 45.5 Å². The first-order chi connectivity index (χ1) is 39.0. The molecule has 6 atom stereocenters. The van der Waals surface area contributed by atoms with Gasteiger partial charge in [0.25, 0.3) is 11.8 Å². The number of piperidine rings is 3. The third-order valence-electron chi connectivity index (χ3n) is 15.8. The first kappa shape index (κ1) is 59.3. The van der Waals surface area contributed by atoms with Crippen LogP contribution < -0.4 is 16.0 Å². The van der Waals surface area contributed by atoms with Gasteiger partial charge in [0.1, 0.15) is 5.69 Å². The zero-order chi connectivity index (χ0) is 55.8. The van der Waals surface area contributed by atoms with Gasteiger partial charge in [-0.05, 0) is 117 Å². The molecule has 4 unspecified atom stereocenters. The molecule has 17 heteroatoms. The maximum Gasteiger partial charge on any atom is 0.355 e. The zero-order valence-corrected chi connectivity index (χ0v) is 45.0. The molecule has 0 spiro atoms. The summed E-state index contributed by atoms with van der Waals surface area (Å²) < 4.78 is 0. The number of hydrogen-bond acceptors (Lipinski definition) is 13. The highest BCUT2D eigenvalue weighted by Gasteiger charge is 2.48. The second kappa shape index (κ2) is 29.1. The van der Waals surface area contributed by atoms with Crippen LogP contribution in [0.5, 0.6) is 0 Å². The summed E-state index contributed by atoms with van der Waals surface area (Å²) in [7, 11) is 0. The summed E-state index contributed by atoms with van der Waals surface area (Å²) in [6.07, 6.45) is 10.1. The molecule has 9 heterocycles. The fourth-order valence-electron chi connectivity index (χ4n) is 11.8. The number of imide groups is 2. The molecule has 0 bridgehead atoms. The standard InChI is InChI=1S/C14H16N2O2.C14H10N2O2.2C14H20N2.C7H5NO4.CH4/c2*17-13-11-7-4-8-15-12(11)14(18)16(13)9-10-5-2-1-3-6-10;2*1-2-5-12(6-3-1)9-16-10-13-7-4-8-15-14(13)11-16;9-6(10)4-2-1-3-8-5(4)7(11)12;/h1-3,5-6,11-12,15H,4,7-9H2;1-8H,9H2;2*1-3,5-6,13-15H,4,7-11H2;1-3H,(H,9,10)(H,11,12);1H4/t;;13-,14+;;;/m..1.../s1. The molecule has 4 aromatic carbocycles. The van der Waals surface area contributed by atoms with Crippen molar-refractivity contribution in [3.63, 3.8) is 0 Å². The minimum Gasteiger partial charge on any atom is -0.478 e. The van der Waals surface area contributed by atoms with Crippen LogP contribution in [0.25, 0.3) is 0 Å². The molecule has 81 heavy (non-hydrogen) atoms. The minimum absolute atomic E-state index is 0. The Bertz CT molecular complexity index is 2860. The number of carboxylic acids is 2. The van der Waals surface area contributed by atoms with Crippen molar-refractivity contribution in [2.75, 3.05) is 45.8 Å². The van der Waals surface area contributed by atoms with E-state index in [2.05, 4.69) is 96.4 Å². The molecular formula is C64H75N9O8. The van der Waals surface area contributed by atoms with Crippen LogP contribution in [0.2, 0.25) is 0 Å². The van der Waals surface area contributed by atoms with Gasteiger partial charge in [0.05, 0.1) is 36.2 Å². The first-order valence-electron chi connectivity index (χ1n) is 27.9. The number of rotatable bonds is 10. The number of amides is 4. The fourth-order valence-corrected chi connectivity index (χ4v) is 11.8. The number of hydrogen-bond donors (Lipinski definition) is 5. The summed E-state index contributed by atoms with van der Waals surface area (Å²) in [4.78, 5) is 84.6. The summed E-state index contributed by atoms with van der Waals surface area (Å²) in [5, 5.41) is 27.5. The molecule has 5 N–H and O–H groups in total. The monoisotopic (exact) mass is 1100 g/mol. The molecule has 13 rings (SSSR count). The number of nitrogens with zero attached hydrogens (tertiary/aromatic N) is 6. The van der Waals surface area contributed by atoms with Gasteiger partial charge in [-0.1, -0.05) is 129 Å². The lowest BCUT2D eigenvalue weighted by molar-refractivity contribution is -0.140. The Morgan fingerprint density at radius 2 is 0.938 bits per heavy atom. The second-order valence-corrected chi connectivity index (χ2v) is 21.3. The van der Waals surface area contributed by atoms with Crippen LogP contribution in [-0.4, -0.2) is 139 Å². The van der Waals surface area contributed by atoms with Crippen LogP contribution in [0.4, 0.5) is 0 Å². The van der Waals surface area contributed by atoms with Crippen LogP contribution in [0.15, 0.2) is 158 Å². The molecule has 2 aromatic heterocycles. The van der Waals surface area contributed by atoms with E-state index in [1.807, 2.05) is 60.7 Å². The van der Waals surface area contributed by atoms with E-state index in [0.29, 0.717) is 12.1 Å².